The van der Waals surface area contributed by atoms with Crippen molar-refractivity contribution in [2.75, 3.05) is 14.2 Å². The van der Waals surface area contributed by atoms with Crippen LogP contribution in [0.1, 0.15) is 25.7 Å². The normalized spacial score (nSPS) is 18.0. The number of benzene rings is 1. The van der Waals surface area contributed by atoms with E-state index in [4.69, 9.17) is 13.9 Å². The predicted molar refractivity (Wildman–Crippen MR) is 86.0 cm³/mol. The van der Waals surface area contributed by atoms with Crippen molar-refractivity contribution in [3.63, 3.8) is 0 Å². The molecule has 0 aliphatic heterocycles. The summed E-state index contributed by atoms with van der Waals surface area (Å²) < 4.78 is 16.2. The third-order valence-electron chi connectivity index (χ3n) is 3.79. The molecule has 2 aromatic rings. The maximum atomic E-state index is 11.9. The Morgan fingerprint density at radius 2 is 2.09 bits per heavy atom. The van der Waals surface area contributed by atoms with Crippen molar-refractivity contribution in [1.29, 1.82) is 0 Å². The topological polar surface area (TPSA) is 74.5 Å². The summed E-state index contributed by atoms with van der Waals surface area (Å²) in [5, 5.41) is 8.46. The molecule has 3 rings (SSSR count). The fraction of sp³-hybridized carbons (Fsp3) is 0.438. The first-order chi connectivity index (χ1) is 11.2. The van der Waals surface area contributed by atoms with Gasteiger partial charge < -0.3 is 13.9 Å². The first-order valence-corrected chi connectivity index (χ1v) is 8.34. The van der Waals surface area contributed by atoms with Crippen LogP contribution in [-0.2, 0) is 4.79 Å². The molecule has 1 aromatic heterocycles. The minimum atomic E-state index is -0.0742. The number of methoxy groups -OCH3 is 2. The second kappa shape index (κ2) is 7.04. The lowest BCUT2D eigenvalue weighted by atomic mass is 9.99. The summed E-state index contributed by atoms with van der Waals surface area (Å²) in [6.45, 7) is 0. The summed E-state index contributed by atoms with van der Waals surface area (Å²) in [4.78, 5) is 11.9. The van der Waals surface area contributed by atoms with Crippen molar-refractivity contribution < 1.29 is 18.7 Å². The van der Waals surface area contributed by atoms with Crippen LogP contribution in [0.5, 0.6) is 11.5 Å². The van der Waals surface area contributed by atoms with Crippen LogP contribution in [0.4, 0.5) is 0 Å². The second-order valence-electron chi connectivity index (χ2n) is 5.26. The quantitative estimate of drug-likeness (QED) is 0.830. The summed E-state index contributed by atoms with van der Waals surface area (Å²) in [5.41, 5.74) is 0.697. The van der Waals surface area contributed by atoms with Crippen LogP contribution in [0.25, 0.3) is 11.5 Å². The van der Waals surface area contributed by atoms with Crippen molar-refractivity contribution in [3.05, 3.63) is 18.2 Å². The largest absolute Gasteiger partial charge is 0.497 e. The lowest BCUT2D eigenvalue weighted by molar-refractivity contribution is -0.119. The Kier molecular flexibility index (Phi) is 4.85. The van der Waals surface area contributed by atoms with Gasteiger partial charge in [-0.3, -0.25) is 4.79 Å². The molecule has 1 aliphatic rings. The van der Waals surface area contributed by atoms with Crippen LogP contribution in [0.2, 0.25) is 0 Å². The molecule has 1 aliphatic carbocycles. The van der Waals surface area contributed by atoms with Crippen molar-refractivity contribution in [2.45, 2.75) is 36.2 Å². The van der Waals surface area contributed by atoms with Crippen LogP contribution < -0.4 is 9.47 Å². The maximum Gasteiger partial charge on any atom is 0.277 e. The number of carbonyl (C=O) groups is 1. The van der Waals surface area contributed by atoms with E-state index in [-0.39, 0.29) is 11.0 Å². The molecule has 0 amide bonds. The number of thioether (sulfide) groups is 1. The SMILES string of the molecule is COc1ccc(-c2nnc(S[C@@H]3CCCCC3=O)o2)c(OC)c1. The number of nitrogens with zero attached hydrogens (tertiary/aromatic N) is 2. The number of hydrogen-bond donors (Lipinski definition) is 0. The van der Waals surface area contributed by atoms with Gasteiger partial charge in [-0.1, -0.05) is 18.2 Å². The number of rotatable bonds is 5. The predicted octanol–water partition coefficient (Wildman–Crippen LogP) is 3.36. The molecule has 6 nitrogen and oxygen atoms in total. The van der Waals surface area contributed by atoms with Crippen LogP contribution >= 0.6 is 11.8 Å². The van der Waals surface area contributed by atoms with Gasteiger partial charge >= 0.3 is 0 Å². The third-order valence-corrected chi connectivity index (χ3v) is 4.94. The molecule has 1 atom stereocenters. The summed E-state index contributed by atoms with van der Waals surface area (Å²) in [6, 6.07) is 5.38. The smallest absolute Gasteiger partial charge is 0.277 e. The zero-order valence-electron chi connectivity index (χ0n) is 13.1. The Bertz CT molecular complexity index is 701. The number of aromatic nitrogens is 2. The highest BCUT2D eigenvalue weighted by molar-refractivity contribution is 8.00. The van der Waals surface area contributed by atoms with E-state index in [1.165, 1.54) is 11.8 Å². The standard InChI is InChI=1S/C16H18N2O4S/c1-20-10-7-8-11(13(9-10)21-2)15-17-18-16(22-15)23-14-6-4-3-5-12(14)19/h7-9,14H,3-6H2,1-2H3/t14-/m1/s1. The minimum Gasteiger partial charge on any atom is -0.497 e. The molecule has 1 fully saturated rings. The molecule has 23 heavy (non-hydrogen) atoms. The Balaban J connectivity index is 1.80. The van der Waals surface area contributed by atoms with Gasteiger partial charge in [0.25, 0.3) is 11.1 Å². The Morgan fingerprint density at radius 3 is 2.83 bits per heavy atom. The molecule has 0 spiro atoms. The van der Waals surface area contributed by atoms with Gasteiger partial charge in [0.15, 0.2) is 0 Å². The Hall–Kier alpha value is -2.02. The van der Waals surface area contributed by atoms with Crippen molar-refractivity contribution in [1.82, 2.24) is 10.2 Å². The zero-order chi connectivity index (χ0) is 16.2. The lowest BCUT2D eigenvalue weighted by Crippen LogP contribution is -2.21. The summed E-state index contributed by atoms with van der Waals surface area (Å²) in [5.74, 6) is 1.92. The van der Waals surface area contributed by atoms with Gasteiger partial charge in [0.05, 0.1) is 25.0 Å². The number of hydrogen-bond acceptors (Lipinski definition) is 7. The summed E-state index contributed by atoms with van der Waals surface area (Å²) in [6.07, 6.45) is 3.56. The van der Waals surface area contributed by atoms with Crippen molar-refractivity contribution in [2.24, 2.45) is 0 Å². The van der Waals surface area contributed by atoms with E-state index in [1.807, 2.05) is 6.07 Å². The van der Waals surface area contributed by atoms with E-state index in [0.717, 1.165) is 19.3 Å². The summed E-state index contributed by atoms with van der Waals surface area (Å²) >= 11 is 1.35. The maximum absolute atomic E-state index is 11.9. The van der Waals surface area contributed by atoms with Crippen molar-refractivity contribution in [3.8, 4) is 23.0 Å². The van der Waals surface area contributed by atoms with Gasteiger partial charge in [-0.15, -0.1) is 10.2 Å². The Labute approximate surface area is 138 Å². The molecule has 1 saturated carbocycles. The first-order valence-electron chi connectivity index (χ1n) is 7.46. The zero-order valence-corrected chi connectivity index (χ0v) is 13.9. The molecule has 7 heteroatoms. The fourth-order valence-electron chi connectivity index (χ4n) is 2.54. The van der Waals surface area contributed by atoms with E-state index in [0.29, 0.717) is 34.6 Å². The van der Waals surface area contributed by atoms with E-state index in [9.17, 15) is 4.79 Å². The highest BCUT2D eigenvalue weighted by atomic mass is 32.2. The van der Waals surface area contributed by atoms with Crippen molar-refractivity contribution >= 4 is 17.5 Å². The second-order valence-corrected chi connectivity index (χ2v) is 6.41. The van der Waals surface area contributed by atoms with E-state index in [2.05, 4.69) is 10.2 Å². The van der Waals surface area contributed by atoms with Crippen LogP contribution in [0.15, 0.2) is 27.8 Å². The molecule has 0 bridgehead atoms. The third kappa shape index (κ3) is 3.50. The molecule has 122 valence electrons. The van der Waals surface area contributed by atoms with E-state index >= 15 is 0 Å². The molecule has 0 unspecified atom stereocenters. The summed E-state index contributed by atoms with van der Waals surface area (Å²) in [7, 11) is 3.17. The molecular formula is C16H18N2O4S. The molecular weight excluding hydrogens is 316 g/mol. The molecule has 0 saturated heterocycles. The minimum absolute atomic E-state index is 0.0742. The van der Waals surface area contributed by atoms with Gasteiger partial charge in [0, 0.05) is 12.5 Å². The van der Waals surface area contributed by atoms with E-state index < -0.39 is 0 Å². The van der Waals surface area contributed by atoms with Crippen LogP contribution in [0, 0.1) is 0 Å². The average molecular weight is 334 g/mol. The van der Waals surface area contributed by atoms with Crippen LogP contribution in [-0.4, -0.2) is 35.5 Å². The number of ether oxygens (including phenoxy) is 2. The molecule has 0 N–H and O–H groups in total. The number of carbonyl (C=O) groups excluding carboxylic acids is 1. The van der Waals surface area contributed by atoms with Gasteiger partial charge in [0.2, 0.25) is 0 Å². The molecule has 1 aromatic carbocycles. The van der Waals surface area contributed by atoms with Gasteiger partial charge in [-0.05, 0) is 25.0 Å². The van der Waals surface area contributed by atoms with Crippen LogP contribution in [0.3, 0.4) is 0 Å². The number of ketones is 1. The molecule has 0 radical (unpaired) electrons. The Morgan fingerprint density at radius 1 is 1.22 bits per heavy atom. The fourth-order valence-corrected chi connectivity index (χ4v) is 3.53. The highest BCUT2D eigenvalue weighted by Gasteiger charge is 2.26. The average Bonchev–Trinajstić information content (AvgIpc) is 3.04. The lowest BCUT2D eigenvalue weighted by Gasteiger charge is -2.17. The number of Topliss-reactive ketones (excluding diaryl/α,β-unsaturated/α-hetero) is 1. The van der Waals surface area contributed by atoms with Gasteiger partial charge in [-0.2, -0.15) is 0 Å². The monoisotopic (exact) mass is 334 g/mol. The van der Waals surface area contributed by atoms with Gasteiger partial charge in [-0.25, -0.2) is 0 Å². The molecule has 1 heterocycles. The van der Waals surface area contributed by atoms with Gasteiger partial charge in [0.1, 0.15) is 17.3 Å². The highest BCUT2D eigenvalue weighted by Crippen LogP contribution is 2.36. The van der Waals surface area contributed by atoms with E-state index in [1.54, 1.807) is 26.4 Å². The first kappa shape index (κ1) is 15.9.